The highest BCUT2D eigenvalue weighted by molar-refractivity contribution is 6.05. The van der Waals surface area contributed by atoms with Crippen LogP contribution in [0.5, 0.6) is 0 Å². The first-order valence-electron chi connectivity index (χ1n) is 9.98. The van der Waals surface area contributed by atoms with E-state index in [1.54, 1.807) is 0 Å². The molecule has 2 saturated heterocycles. The van der Waals surface area contributed by atoms with E-state index in [-0.39, 0.29) is 30.7 Å². The third-order valence-electron chi connectivity index (χ3n) is 5.67. The lowest BCUT2D eigenvalue weighted by Crippen LogP contribution is -2.52. The Balaban J connectivity index is 1.35. The number of carbonyl (C=O) groups is 4. The van der Waals surface area contributed by atoms with E-state index < -0.39 is 11.9 Å². The zero-order chi connectivity index (χ0) is 20.4. The predicted molar refractivity (Wildman–Crippen MR) is 104 cm³/mol. The molecule has 0 aromatic heterocycles. The molecule has 1 atom stereocenters. The molecular weight excluding hydrogens is 374 g/mol. The van der Waals surface area contributed by atoms with Gasteiger partial charge in [0.05, 0.1) is 6.54 Å². The van der Waals surface area contributed by atoms with Gasteiger partial charge >= 0.3 is 0 Å². The van der Waals surface area contributed by atoms with Gasteiger partial charge in [0, 0.05) is 51.3 Å². The van der Waals surface area contributed by atoms with E-state index in [0.29, 0.717) is 25.1 Å². The Morgan fingerprint density at radius 2 is 1.97 bits per heavy atom. The van der Waals surface area contributed by atoms with Crippen LogP contribution in [0.3, 0.4) is 0 Å². The van der Waals surface area contributed by atoms with Crippen molar-refractivity contribution in [3.8, 4) is 0 Å². The normalized spacial score (nSPS) is 21.9. The molecule has 1 aromatic rings. The maximum Gasteiger partial charge on any atom is 0.255 e. The van der Waals surface area contributed by atoms with Gasteiger partial charge in [0.1, 0.15) is 6.04 Å². The molecular formula is C20H25N5O4. The van der Waals surface area contributed by atoms with Crippen LogP contribution < -0.4 is 16.0 Å². The fourth-order valence-electron chi connectivity index (χ4n) is 4.05. The number of nitrogens with one attached hydrogen (secondary N) is 3. The van der Waals surface area contributed by atoms with Crippen LogP contribution in [0.2, 0.25) is 0 Å². The molecule has 0 radical (unpaired) electrons. The molecule has 0 saturated carbocycles. The number of hydrogen-bond donors (Lipinski definition) is 3. The first-order chi connectivity index (χ1) is 14.0. The highest BCUT2D eigenvalue weighted by Crippen LogP contribution is 2.28. The number of carbonyl (C=O) groups excluding carboxylic acids is 4. The maximum absolute atomic E-state index is 12.8. The lowest BCUT2D eigenvalue weighted by molar-refractivity contribution is -0.137. The van der Waals surface area contributed by atoms with E-state index in [9.17, 15) is 19.2 Å². The Hall–Kier alpha value is -2.78. The summed E-state index contributed by atoms with van der Waals surface area (Å²) in [5.41, 5.74) is 2.37. The van der Waals surface area contributed by atoms with Crippen LogP contribution in [0.25, 0.3) is 0 Å². The number of benzene rings is 1. The molecule has 0 spiro atoms. The minimum absolute atomic E-state index is 0.0766. The van der Waals surface area contributed by atoms with Gasteiger partial charge in [-0.15, -0.1) is 0 Å². The van der Waals surface area contributed by atoms with Crippen LogP contribution in [-0.4, -0.2) is 72.2 Å². The van der Waals surface area contributed by atoms with Crippen molar-refractivity contribution in [3.05, 3.63) is 34.9 Å². The molecule has 4 rings (SSSR count). The van der Waals surface area contributed by atoms with Crippen molar-refractivity contribution in [2.75, 3.05) is 32.7 Å². The SMILES string of the molecule is O=C1CCC(N2Cc3ccc(CNCC(=O)N4CCNCC4)cc3C2=O)C(=O)N1. The number of imide groups is 1. The van der Waals surface area contributed by atoms with Crippen molar-refractivity contribution in [1.29, 1.82) is 0 Å². The van der Waals surface area contributed by atoms with Gasteiger partial charge in [-0.2, -0.15) is 0 Å². The van der Waals surface area contributed by atoms with Crippen LogP contribution in [0.4, 0.5) is 0 Å². The Morgan fingerprint density at radius 3 is 2.72 bits per heavy atom. The standard InChI is InChI=1S/C20H25N5O4/c26-17-4-3-16(19(28)23-17)25-12-14-2-1-13(9-15(14)20(25)29)10-22-11-18(27)24-7-5-21-6-8-24/h1-2,9,16,21-22H,3-8,10-12H2,(H,23,26,28). The number of hydrogen-bond acceptors (Lipinski definition) is 6. The molecule has 9 nitrogen and oxygen atoms in total. The predicted octanol–water partition coefficient (Wildman–Crippen LogP) is -1.03. The second-order valence-corrected chi connectivity index (χ2v) is 7.63. The first-order valence-corrected chi connectivity index (χ1v) is 9.98. The van der Waals surface area contributed by atoms with E-state index in [0.717, 1.165) is 37.3 Å². The van der Waals surface area contributed by atoms with E-state index in [1.165, 1.54) is 4.90 Å². The number of fused-ring (bicyclic) bond motifs is 1. The van der Waals surface area contributed by atoms with Crippen molar-refractivity contribution in [3.63, 3.8) is 0 Å². The smallest absolute Gasteiger partial charge is 0.255 e. The summed E-state index contributed by atoms with van der Waals surface area (Å²) in [6.45, 7) is 4.21. The molecule has 0 bridgehead atoms. The third kappa shape index (κ3) is 4.15. The van der Waals surface area contributed by atoms with Crippen molar-refractivity contribution in [2.45, 2.75) is 32.0 Å². The van der Waals surface area contributed by atoms with Crippen molar-refractivity contribution in [2.24, 2.45) is 0 Å². The number of piperazine rings is 1. The van der Waals surface area contributed by atoms with Crippen molar-refractivity contribution in [1.82, 2.24) is 25.8 Å². The average molecular weight is 399 g/mol. The average Bonchev–Trinajstić information content (AvgIpc) is 3.04. The van der Waals surface area contributed by atoms with Gasteiger partial charge in [-0.25, -0.2) is 0 Å². The summed E-state index contributed by atoms with van der Waals surface area (Å²) >= 11 is 0. The second-order valence-electron chi connectivity index (χ2n) is 7.63. The highest BCUT2D eigenvalue weighted by atomic mass is 16.2. The number of amides is 4. The van der Waals surface area contributed by atoms with Crippen LogP contribution >= 0.6 is 0 Å². The Morgan fingerprint density at radius 1 is 1.17 bits per heavy atom. The minimum Gasteiger partial charge on any atom is -0.339 e. The van der Waals surface area contributed by atoms with Gasteiger partial charge in [0.2, 0.25) is 17.7 Å². The molecule has 154 valence electrons. The molecule has 1 aromatic carbocycles. The number of piperidine rings is 1. The van der Waals surface area contributed by atoms with Crippen LogP contribution in [0, 0.1) is 0 Å². The lowest BCUT2D eigenvalue weighted by atomic mass is 10.0. The Bertz CT molecular complexity index is 849. The molecule has 1 unspecified atom stereocenters. The van der Waals surface area contributed by atoms with Crippen LogP contribution in [0.1, 0.15) is 34.3 Å². The summed E-state index contributed by atoms with van der Waals surface area (Å²) in [4.78, 5) is 51.9. The lowest BCUT2D eigenvalue weighted by Gasteiger charge is -2.29. The zero-order valence-electron chi connectivity index (χ0n) is 16.2. The Labute approximate surface area is 168 Å². The summed E-state index contributed by atoms with van der Waals surface area (Å²) in [6, 6.07) is 5.05. The minimum atomic E-state index is -0.606. The molecule has 9 heteroatoms. The van der Waals surface area contributed by atoms with Crippen LogP contribution in [0.15, 0.2) is 18.2 Å². The highest BCUT2D eigenvalue weighted by Gasteiger charge is 2.39. The molecule has 2 fully saturated rings. The van der Waals surface area contributed by atoms with E-state index in [2.05, 4.69) is 16.0 Å². The van der Waals surface area contributed by atoms with Crippen molar-refractivity contribution >= 4 is 23.6 Å². The number of nitrogens with zero attached hydrogens (tertiary/aromatic N) is 2. The fraction of sp³-hybridized carbons (Fsp3) is 0.500. The van der Waals surface area contributed by atoms with Gasteiger partial charge < -0.3 is 20.4 Å². The molecule has 3 aliphatic heterocycles. The number of rotatable bonds is 5. The third-order valence-corrected chi connectivity index (χ3v) is 5.67. The van der Waals surface area contributed by atoms with Crippen molar-refractivity contribution < 1.29 is 19.2 Å². The maximum atomic E-state index is 12.8. The molecule has 29 heavy (non-hydrogen) atoms. The van der Waals surface area contributed by atoms with E-state index in [4.69, 9.17) is 0 Å². The molecule has 3 heterocycles. The Kier molecular flexibility index (Phi) is 5.59. The van der Waals surface area contributed by atoms with Gasteiger partial charge in [-0.05, 0) is 23.6 Å². The monoisotopic (exact) mass is 399 g/mol. The molecule has 0 aliphatic carbocycles. The first kappa shape index (κ1) is 19.5. The van der Waals surface area contributed by atoms with Gasteiger partial charge in [-0.3, -0.25) is 24.5 Å². The fourth-order valence-corrected chi connectivity index (χ4v) is 4.05. The summed E-state index contributed by atoms with van der Waals surface area (Å²) < 4.78 is 0. The molecule has 3 N–H and O–H groups in total. The topological polar surface area (TPSA) is 111 Å². The van der Waals surface area contributed by atoms with Gasteiger partial charge in [0.25, 0.3) is 5.91 Å². The van der Waals surface area contributed by atoms with Gasteiger partial charge in [-0.1, -0.05) is 12.1 Å². The molecule has 3 aliphatic rings. The summed E-state index contributed by atoms with van der Waals surface area (Å²) in [7, 11) is 0. The van der Waals surface area contributed by atoms with E-state index >= 15 is 0 Å². The summed E-state index contributed by atoms with van der Waals surface area (Å²) in [5.74, 6) is -0.809. The quantitative estimate of drug-likeness (QED) is 0.546. The summed E-state index contributed by atoms with van der Waals surface area (Å²) in [6.07, 6.45) is 0.597. The van der Waals surface area contributed by atoms with Gasteiger partial charge in [0.15, 0.2) is 0 Å². The second kappa shape index (κ2) is 8.30. The van der Waals surface area contributed by atoms with Crippen LogP contribution in [-0.2, 0) is 27.5 Å². The van der Waals surface area contributed by atoms with E-state index in [1.807, 2.05) is 23.1 Å². The largest absolute Gasteiger partial charge is 0.339 e. The summed E-state index contributed by atoms with van der Waals surface area (Å²) in [5, 5.41) is 8.68. The molecule has 4 amide bonds. The zero-order valence-corrected chi connectivity index (χ0v) is 16.2.